The maximum atomic E-state index is 13.3. The number of benzene rings is 1. The van der Waals surface area contributed by atoms with Gasteiger partial charge in [-0.1, -0.05) is 0 Å². The molecule has 2 rings (SSSR count). The largest absolute Gasteiger partial charge is 0.326 e. The van der Waals surface area contributed by atoms with Crippen LogP contribution in [0.2, 0.25) is 0 Å². The number of hydrogen-bond donors (Lipinski definition) is 0. The van der Waals surface area contributed by atoms with Crippen LogP contribution in [0.3, 0.4) is 0 Å². The van der Waals surface area contributed by atoms with Crippen LogP contribution in [0.15, 0.2) is 18.2 Å². The van der Waals surface area contributed by atoms with Crippen molar-refractivity contribution in [1.82, 2.24) is 14.5 Å². The van der Waals surface area contributed by atoms with Crippen LogP contribution in [0.4, 0.5) is 4.39 Å². The van der Waals surface area contributed by atoms with Gasteiger partial charge in [0.15, 0.2) is 0 Å². The number of hydrogen-bond acceptors (Lipinski definition) is 2. The van der Waals surface area contributed by atoms with Gasteiger partial charge in [-0.15, -0.1) is 11.6 Å². The van der Waals surface area contributed by atoms with Crippen LogP contribution in [0.1, 0.15) is 33.5 Å². The lowest BCUT2D eigenvalue weighted by Crippen LogP contribution is -2.39. The molecule has 0 amide bonds. The molecule has 0 fully saturated rings. The summed E-state index contributed by atoms with van der Waals surface area (Å²) in [4.78, 5) is 6.86. The fraction of sp³-hybridized carbons (Fsp3) is 0.562. The van der Waals surface area contributed by atoms with Crippen LogP contribution in [0.25, 0.3) is 11.0 Å². The third-order valence-electron chi connectivity index (χ3n) is 3.82. The second-order valence-corrected chi connectivity index (χ2v) is 6.14. The Morgan fingerprint density at radius 3 is 2.48 bits per heavy atom. The maximum absolute atomic E-state index is 13.3. The minimum atomic E-state index is -0.265. The summed E-state index contributed by atoms with van der Waals surface area (Å²) in [6.07, 6.45) is 0. The number of alkyl halides is 1. The van der Waals surface area contributed by atoms with E-state index in [0.717, 1.165) is 24.4 Å². The highest BCUT2D eigenvalue weighted by molar-refractivity contribution is 6.16. The van der Waals surface area contributed by atoms with Gasteiger partial charge in [-0.05, 0) is 39.8 Å². The SMILES string of the molecule is CC(C)N(CCn1c(CCl)nc2cc(F)ccc21)C(C)C. The molecule has 0 aliphatic rings. The van der Waals surface area contributed by atoms with Crippen LogP contribution in [0, 0.1) is 5.82 Å². The Labute approximate surface area is 130 Å². The number of fused-ring (bicyclic) bond motifs is 1. The summed E-state index contributed by atoms with van der Waals surface area (Å²) in [5.41, 5.74) is 1.62. The highest BCUT2D eigenvalue weighted by Crippen LogP contribution is 2.19. The summed E-state index contributed by atoms with van der Waals surface area (Å²) in [5, 5.41) is 0. The number of imidazole rings is 1. The lowest BCUT2D eigenvalue weighted by molar-refractivity contribution is 0.168. The first-order valence-corrected chi connectivity index (χ1v) is 7.94. The van der Waals surface area contributed by atoms with E-state index in [1.807, 2.05) is 0 Å². The van der Waals surface area contributed by atoms with Crippen molar-refractivity contribution in [2.45, 2.75) is 52.2 Å². The first kappa shape index (κ1) is 16.2. The van der Waals surface area contributed by atoms with Gasteiger partial charge in [-0.2, -0.15) is 0 Å². The monoisotopic (exact) mass is 311 g/mol. The molecule has 1 aromatic heterocycles. The van der Waals surface area contributed by atoms with Crippen molar-refractivity contribution in [3.05, 3.63) is 29.8 Å². The van der Waals surface area contributed by atoms with Gasteiger partial charge in [0.05, 0.1) is 16.9 Å². The van der Waals surface area contributed by atoms with Crippen LogP contribution < -0.4 is 0 Å². The molecule has 2 aromatic rings. The highest BCUT2D eigenvalue weighted by Gasteiger charge is 2.16. The van der Waals surface area contributed by atoms with Crippen molar-refractivity contribution in [3.63, 3.8) is 0 Å². The van der Waals surface area contributed by atoms with Crippen molar-refractivity contribution in [3.8, 4) is 0 Å². The first-order chi connectivity index (χ1) is 9.93. The van der Waals surface area contributed by atoms with E-state index < -0.39 is 0 Å². The van der Waals surface area contributed by atoms with E-state index in [9.17, 15) is 4.39 Å². The predicted octanol–water partition coefficient (Wildman–Crippen LogP) is 4.03. The first-order valence-electron chi connectivity index (χ1n) is 7.40. The van der Waals surface area contributed by atoms with Crippen LogP contribution in [-0.4, -0.2) is 33.1 Å². The van der Waals surface area contributed by atoms with Crippen molar-refractivity contribution >= 4 is 22.6 Å². The minimum absolute atomic E-state index is 0.265. The molecule has 0 unspecified atom stereocenters. The van der Waals surface area contributed by atoms with Gasteiger partial charge < -0.3 is 4.57 Å². The summed E-state index contributed by atoms with van der Waals surface area (Å²) >= 11 is 5.99. The van der Waals surface area contributed by atoms with Gasteiger partial charge in [-0.25, -0.2) is 9.37 Å². The second-order valence-electron chi connectivity index (χ2n) is 5.87. The van der Waals surface area contributed by atoms with E-state index in [-0.39, 0.29) is 5.82 Å². The molecule has 1 heterocycles. The van der Waals surface area contributed by atoms with Gasteiger partial charge in [0.1, 0.15) is 11.6 Å². The van der Waals surface area contributed by atoms with Crippen LogP contribution in [-0.2, 0) is 12.4 Å². The zero-order chi connectivity index (χ0) is 15.6. The molecule has 0 bridgehead atoms. The standard InChI is InChI=1S/C16H23ClFN3/c1-11(2)20(12(3)4)7-8-21-15-6-5-13(18)9-14(15)19-16(21)10-17/h5-6,9,11-12H,7-8,10H2,1-4H3. The minimum Gasteiger partial charge on any atom is -0.326 e. The van der Waals surface area contributed by atoms with Gasteiger partial charge in [-0.3, -0.25) is 4.90 Å². The third kappa shape index (κ3) is 3.55. The summed E-state index contributed by atoms with van der Waals surface area (Å²) in [6, 6.07) is 5.68. The highest BCUT2D eigenvalue weighted by atomic mass is 35.5. The van der Waals surface area contributed by atoms with E-state index >= 15 is 0 Å². The molecule has 0 radical (unpaired) electrons. The molecule has 0 aliphatic carbocycles. The van der Waals surface area contributed by atoms with Crippen LogP contribution in [0.5, 0.6) is 0 Å². The Kier molecular flexibility index (Phi) is 5.22. The normalized spacial score (nSPS) is 12.2. The summed E-state index contributed by atoms with van der Waals surface area (Å²) < 4.78 is 15.4. The number of aromatic nitrogens is 2. The average Bonchev–Trinajstić information content (AvgIpc) is 2.75. The quantitative estimate of drug-likeness (QED) is 0.751. The van der Waals surface area contributed by atoms with E-state index in [2.05, 4.69) is 42.1 Å². The molecule has 3 nitrogen and oxygen atoms in total. The molecule has 0 saturated heterocycles. The van der Waals surface area contributed by atoms with Gasteiger partial charge in [0.2, 0.25) is 0 Å². The Bertz CT molecular complexity index is 599. The summed E-state index contributed by atoms with van der Waals surface area (Å²) in [7, 11) is 0. The Morgan fingerprint density at radius 2 is 1.90 bits per heavy atom. The fourth-order valence-corrected chi connectivity index (χ4v) is 3.04. The smallest absolute Gasteiger partial charge is 0.125 e. The lowest BCUT2D eigenvalue weighted by atomic mass is 10.2. The maximum Gasteiger partial charge on any atom is 0.125 e. The lowest BCUT2D eigenvalue weighted by Gasteiger charge is -2.30. The molecule has 21 heavy (non-hydrogen) atoms. The number of nitrogens with zero attached hydrogens (tertiary/aromatic N) is 3. The molecule has 0 N–H and O–H groups in total. The predicted molar refractivity (Wildman–Crippen MR) is 86.2 cm³/mol. The molecule has 0 spiro atoms. The zero-order valence-electron chi connectivity index (χ0n) is 13.1. The molecule has 116 valence electrons. The van der Waals surface area contributed by atoms with Gasteiger partial charge >= 0.3 is 0 Å². The number of halogens is 2. The van der Waals surface area contributed by atoms with Crippen molar-refractivity contribution in [1.29, 1.82) is 0 Å². The number of rotatable bonds is 6. The molecule has 0 aliphatic heterocycles. The molecule has 0 saturated carbocycles. The molecule has 0 atom stereocenters. The molecular formula is C16H23ClFN3. The van der Waals surface area contributed by atoms with Crippen molar-refractivity contribution < 1.29 is 4.39 Å². The van der Waals surface area contributed by atoms with E-state index in [1.165, 1.54) is 12.1 Å². The summed E-state index contributed by atoms with van der Waals surface area (Å²) in [5.74, 6) is 0.864. The third-order valence-corrected chi connectivity index (χ3v) is 4.06. The topological polar surface area (TPSA) is 21.1 Å². The average molecular weight is 312 g/mol. The van der Waals surface area contributed by atoms with Gasteiger partial charge in [0.25, 0.3) is 0 Å². The van der Waals surface area contributed by atoms with E-state index in [0.29, 0.717) is 23.5 Å². The molecule has 1 aromatic carbocycles. The van der Waals surface area contributed by atoms with Crippen LogP contribution >= 0.6 is 11.6 Å². The second kappa shape index (κ2) is 6.75. The van der Waals surface area contributed by atoms with E-state index in [4.69, 9.17) is 11.6 Å². The zero-order valence-corrected chi connectivity index (χ0v) is 13.9. The molecule has 5 heteroatoms. The van der Waals surface area contributed by atoms with E-state index in [1.54, 1.807) is 6.07 Å². The fourth-order valence-electron chi connectivity index (χ4n) is 2.83. The summed E-state index contributed by atoms with van der Waals surface area (Å²) in [6.45, 7) is 10.5. The molecular weight excluding hydrogens is 289 g/mol. The Balaban J connectivity index is 2.28. The van der Waals surface area contributed by atoms with Crippen molar-refractivity contribution in [2.24, 2.45) is 0 Å². The Morgan fingerprint density at radius 1 is 1.24 bits per heavy atom. The van der Waals surface area contributed by atoms with Crippen molar-refractivity contribution in [2.75, 3.05) is 6.54 Å². The van der Waals surface area contributed by atoms with Gasteiger partial charge in [0, 0.05) is 31.2 Å². The Hall–Kier alpha value is -1.13.